The lowest BCUT2D eigenvalue weighted by molar-refractivity contribution is 0.0376. The number of ether oxygens (including phenoxy) is 1. The van der Waals surface area contributed by atoms with Crippen LogP contribution in [0.4, 0.5) is 5.95 Å². The number of β-amino-alcohol motifs (C(OH)–C–C–N with tert-alkyl or cyclic N) is 1. The zero-order valence-electron chi connectivity index (χ0n) is 18.1. The number of aliphatic hydroxyl groups is 1. The highest BCUT2D eigenvalue weighted by Crippen LogP contribution is 2.23. The number of piperazine rings is 1. The first kappa shape index (κ1) is 22.4. The summed E-state index contributed by atoms with van der Waals surface area (Å²) in [6.07, 6.45) is -0.584. The minimum absolute atomic E-state index is 0.0154. The van der Waals surface area contributed by atoms with Gasteiger partial charge in [-0.05, 0) is 37.3 Å². The van der Waals surface area contributed by atoms with Gasteiger partial charge in [-0.3, -0.25) is 9.69 Å². The summed E-state index contributed by atoms with van der Waals surface area (Å²) in [4.78, 5) is 39.3. The quantitative estimate of drug-likeness (QED) is 0.682. The summed E-state index contributed by atoms with van der Waals surface area (Å²) in [5, 5.41) is 11.3. The number of methoxy groups -OCH3 is 1. The van der Waals surface area contributed by atoms with Crippen LogP contribution in [0, 0.1) is 6.92 Å². The maximum Gasteiger partial charge on any atom is 0.356 e. The van der Waals surface area contributed by atoms with Gasteiger partial charge in [-0.1, -0.05) is 11.6 Å². The van der Waals surface area contributed by atoms with Crippen molar-refractivity contribution in [2.24, 2.45) is 0 Å². The minimum atomic E-state index is -0.584. The van der Waals surface area contributed by atoms with Crippen LogP contribution in [0.1, 0.15) is 26.5 Å². The number of hydrogen-bond acceptors (Lipinski definition) is 8. The van der Waals surface area contributed by atoms with Crippen LogP contribution >= 0.6 is 11.6 Å². The summed E-state index contributed by atoms with van der Waals surface area (Å²) >= 11 is 5.91. The summed E-state index contributed by atoms with van der Waals surface area (Å²) < 4.78 is 4.77. The highest BCUT2D eigenvalue weighted by atomic mass is 35.5. The molecule has 0 bridgehead atoms. The van der Waals surface area contributed by atoms with Crippen LogP contribution in [0.2, 0.25) is 5.02 Å². The van der Waals surface area contributed by atoms with E-state index in [0.717, 1.165) is 0 Å². The number of esters is 1. The van der Waals surface area contributed by atoms with Gasteiger partial charge in [-0.2, -0.15) is 0 Å². The van der Waals surface area contributed by atoms with Crippen molar-refractivity contribution >= 4 is 29.4 Å². The number of aryl methyl sites for hydroxylation is 1. The van der Waals surface area contributed by atoms with E-state index in [2.05, 4.69) is 14.9 Å². The van der Waals surface area contributed by atoms with Gasteiger partial charge in [0, 0.05) is 55.5 Å². The predicted octanol–water partition coefficient (Wildman–Crippen LogP) is 1.23. The molecule has 2 fully saturated rings. The van der Waals surface area contributed by atoms with Crippen LogP contribution in [-0.2, 0) is 4.74 Å². The number of rotatable bonds is 4. The van der Waals surface area contributed by atoms with E-state index >= 15 is 0 Å². The van der Waals surface area contributed by atoms with Gasteiger partial charge in [0.15, 0.2) is 5.69 Å². The SMILES string of the molecule is COC(=O)c1cc(C)nc(N2C[C@@H](O)[C@H](N3CCN(C(=O)c4ccc(Cl)cc4)CC3)C2)n1. The molecule has 0 unspecified atom stereocenters. The average molecular weight is 460 g/mol. The van der Waals surface area contributed by atoms with E-state index in [1.807, 2.05) is 9.80 Å². The van der Waals surface area contributed by atoms with Crippen LogP contribution < -0.4 is 4.90 Å². The number of anilines is 1. The molecule has 0 spiro atoms. The molecule has 0 saturated carbocycles. The second kappa shape index (κ2) is 9.40. The lowest BCUT2D eigenvalue weighted by Gasteiger charge is -2.38. The molecule has 170 valence electrons. The van der Waals surface area contributed by atoms with Gasteiger partial charge in [0.25, 0.3) is 5.91 Å². The van der Waals surface area contributed by atoms with Crippen molar-refractivity contribution in [1.82, 2.24) is 19.8 Å². The number of aromatic nitrogens is 2. The van der Waals surface area contributed by atoms with E-state index in [-0.39, 0.29) is 17.6 Å². The molecule has 32 heavy (non-hydrogen) atoms. The largest absolute Gasteiger partial charge is 0.464 e. The van der Waals surface area contributed by atoms with E-state index in [0.29, 0.717) is 61.5 Å². The maximum absolute atomic E-state index is 12.7. The van der Waals surface area contributed by atoms with Crippen molar-refractivity contribution in [1.29, 1.82) is 0 Å². The third kappa shape index (κ3) is 4.69. The first-order valence-electron chi connectivity index (χ1n) is 10.5. The van der Waals surface area contributed by atoms with Crippen molar-refractivity contribution in [2.75, 3.05) is 51.3 Å². The molecule has 1 amide bonds. The Morgan fingerprint density at radius 3 is 2.44 bits per heavy atom. The molecular formula is C22H26ClN5O4. The first-order chi connectivity index (χ1) is 15.4. The molecule has 10 heteroatoms. The number of aliphatic hydroxyl groups excluding tert-OH is 1. The first-order valence-corrected chi connectivity index (χ1v) is 10.9. The summed E-state index contributed by atoms with van der Waals surface area (Å²) in [6.45, 7) is 5.19. The second-order valence-corrected chi connectivity index (χ2v) is 8.50. The number of nitrogens with zero attached hydrogens (tertiary/aromatic N) is 5. The van der Waals surface area contributed by atoms with Gasteiger partial charge in [-0.25, -0.2) is 14.8 Å². The highest BCUT2D eigenvalue weighted by Gasteiger charge is 2.38. The Labute approximate surface area is 191 Å². The monoisotopic (exact) mass is 459 g/mol. The Balaban J connectivity index is 1.39. The minimum Gasteiger partial charge on any atom is -0.464 e. The number of hydrogen-bond donors (Lipinski definition) is 1. The molecule has 4 rings (SSSR count). The van der Waals surface area contributed by atoms with Gasteiger partial charge in [0.2, 0.25) is 5.95 Å². The summed E-state index contributed by atoms with van der Waals surface area (Å²) in [6, 6.07) is 8.38. The van der Waals surface area contributed by atoms with Crippen LogP contribution in [0.5, 0.6) is 0 Å². The van der Waals surface area contributed by atoms with Gasteiger partial charge < -0.3 is 19.6 Å². The smallest absolute Gasteiger partial charge is 0.356 e. The summed E-state index contributed by atoms with van der Waals surface area (Å²) in [5.74, 6) is -0.128. The Morgan fingerprint density at radius 2 is 1.78 bits per heavy atom. The Hall–Kier alpha value is -2.75. The third-order valence-electron chi connectivity index (χ3n) is 5.94. The second-order valence-electron chi connectivity index (χ2n) is 8.06. The van der Waals surface area contributed by atoms with Gasteiger partial charge in [0.1, 0.15) is 0 Å². The molecule has 9 nitrogen and oxygen atoms in total. The normalized spacial score (nSPS) is 21.6. The number of benzene rings is 1. The van der Waals surface area contributed by atoms with E-state index in [1.54, 1.807) is 37.3 Å². The predicted molar refractivity (Wildman–Crippen MR) is 119 cm³/mol. The standard InChI is InChI=1S/C22H26ClN5O4/c1-14-11-17(21(31)32-2)25-22(24-14)28-12-18(19(29)13-28)26-7-9-27(10-8-26)20(30)15-3-5-16(23)6-4-15/h3-6,11,18-19,29H,7-10,12-13H2,1-2H3/t18-,19-/m1/s1. The van der Waals surface area contributed by atoms with Crippen LogP contribution in [0.3, 0.4) is 0 Å². The van der Waals surface area contributed by atoms with Crippen LogP contribution in [0.15, 0.2) is 30.3 Å². The van der Waals surface area contributed by atoms with Crippen molar-refractivity contribution < 1.29 is 19.4 Å². The van der Waals surface area contributed by atoms with Gasteiger partial charge in [-0.15, -0.1) is 0 Å². The molecule has 1 N–H and O–H groups in total. The zero-order valence-corrected chi connectivity index (χ0v) is 18.8. The Morgan fingerprint density at radius 1 is 1.09 bits per heavy atom. The van der Waals surface area contributed by atoms with Crippen molar-refractivity contribution in [3.8, 4) is 0 Å². The lowest BCUT2D eigenvalue weighted by atomic mass is 10.1. The fourth-order valence-electron chi connectivity index (χ4n) is 4.23. The average Bonchev–Trinajstić information content (AvgIpc) is 3.20. The number of carbonyl (C=O) groups is 2. The van der Waals surface area contributed by atoms with Crippen LogP contribution in [0.25, 0.3) is 0 Å². The van der Waals surface area contributed by atoms with Crippen LogP contribution in [-0.4, -0.2) is 95.3 Å². The Kier molecular flexibility index (Phi) is 6.59. The van der Waals surface area contributed by atoms with Crippen molar-refractivity contribution in [2.45, 2.75) is 19.1 Å². The molecule has 3 heterocycles. The topological polar surface area (TPSA) is 99.1 Å². The fourth-order valence-corrected chi connectivity index (χ4v) is 4.35. The van der Waals surface area contributed by atoms with Crippen molar-refractivity contribution in [3.63, 3.8) is 0 Å². The fraction of sp³-hybridized carbons (Fsp3) is 0.455. The molecule has 2 aliphatic rings. The third-order valence-corrected chi connectivity index (χ3v) is 6.19. The van der Waals surface area contributed by atoms with E-state index in [9.17, 15) is 14.7 Å². The zero-order chi connectivity index (χ0) is 22.8. The Bertz CT molecular complexity index is 994. The number of halogens is 1. The molecule has 2 saturated heterocycles. The van der Waals surface area contributed by atoms with E-state index < -0.39 is 12.1 Å². The van der Waals surface area contributed by atoms with E-state index in [4.69, 9.17) is 16.3 Å². The number of carbonyl (C=O) groups excluding carboxylic acids is 2. The number of amides is 1. The molecule has 2 aliphatic heterocycles. The van der Waals surface area contributed by atoms with Gasteiger partial charge in [0.05, 0.1) is 19.3 Å². The molecule has 2 aromatic rings. The molecule has 2 atom stereocenters. The molecule has 1 aromatic heterocycles. The summed E-state index contributed by atoms with van der Waals surface area (Å²) in [5.41, 5.74) is 1.47. The maximum atomic E-state index is 12.7. The lowest BCUT2D eigenvalue weighted by Crippen LogP contribution is -2.54. The molecule has 0 aliphatic carbocycles. The summed E-state index contributed by atoms with van der Waals surface area (Å²) in [7, 11) is 1.31. The highest BCUT2D eigenvalue weighted by molar-refractivity contribution is 6.30. The molecule has 1 aromatic carbocycles. The molecule has 0 radical (unpaired) electrons. The van der Waals surface area contributed by atoms with Crippen molar-refractivity contribution in [3.05, 3.63) is 52.3 Å². The molecular weight excluding hydrogens is 434 g/mol. The van der Waals surface area contributed by atoms with E-state index in [1.165, 1.54) is 7.11 Å². The van der Waals surface area contributed by atoms with Gasteiger partial charge >= 0.3 is 5.97 Å².